The maximum Gasteiger partial charge on any atom is 0.272 e. The average molecular weight is 668 g/mol. The second kappa shape index (κ2) is 15.3. The number of ether oxygens (including phenoxy) is 1. The number of aromatic nitrogens is 3. The quantitative estimate of drug-likeness (QED) is 0.207. The van der Waals surface area contributed by atoms with Gasteiger partial charge in [0.1, 0.15) is 22.8 Å². The highest BCUT2D eigenvalue weighted by Gasteiger charge is 2.27. The molecule has 2 amide bonds. The van der Waals surface area contributed by atoms with E-state index in [9.17, 15) is 14.0 Å². The molecule has 2 aliphatic rings. The number of hydrogen-bond donors (Lipinski definition) is 3. The largest absolute Gasteiger partial charge is 0.438 e. The number of aryl methyl sites for hydroxylation is 2. The van der Waals surface area contributed by atoms with Crippen molar-refractivity contribution in [2.75, 3.05) is 19.6 Å². The molecule has 4 aromatic rings. The smallest absolute Gasteiger partial charge is 0.272 e. The van der Waals surface area contributed by atoms with E-state index in [0.717, 1.165) is 55.1 Å². The van der Waals surface area contributed by atoms with Crippen LogP contribution in [-0.2, 0) is 13.5 Å². The summed E-state index contributed by atoms with van der Waals surface area (Å²) in [7, 11) is 1.80. The fraction of sp³-hybridized carbons (Fsp3) is 0.421. The van der Waals surface area contributed by atoms with Crippen LogP contribution in [0.4, 0.5) is 4.39 Å². The van der Waals surface area contributed by atoms with Crippen molar-refractivity contribution in [1.29, 1.82) is 0 Å². The van der Waals surface area contributed by atoms with E-state index in [0.29, 0.717) is 49.2 Å². The summed E-state index contributed by atoms with van der Waals surface area (Å²) >= 11 is 0. The number of carbonyl (C=O) groups excluding carboxylic acids is 2. The zero-order chi connectivity index (χ0) is 34.5. The highest BCUT2D eigenvalue weighted by molar-refractivity contribution is 5.96. The van der Waals surface area contributed by atoms with Crippen molar-refractivity contribution >= 4 is 11.8 Å². The zero-order valence-electron chi connectivity index (χ0n) is 28.7. The Kier molecular flexibility index (Phi) is 10.7. The third-order valence-electron chi connectivity index (χ3n) is 9.49. The van der Waals surface area contributed by atoms with Crippen LogP contribution in [-0.4, -0.2) is 75.3 Å². The highest BCUT2D eigenvalue weighted by Crippen LogP contribution is 2.29. The van der Waals surface area contributed by atoms with Crippen LogP contribution in [0.15, 0.2) is 66.9 Å². The third-order valence-corrected chi connectivity index (χ3v) is 9.49. The molecule has 0 radical (unpaired) electrons. The van der Waals surface area contributed by atoms with E-state index in [1.54, 1.807) is 23.9 Å². The van der Waals surface area contributed by atoms with Gasteiger partial charge in [0, 0.05) is 56.5 Å². The highest BCUT2D eigenvalue weighted by atomic mass is 19.1. The Morgan fingerprint density at radius 1 is 0.918 bits per heavy atom. The van der Waals surface area contributed by atoms with E-state index >= 15 is 0 Å². The van der Waals surface area contributed by atoms with Gasteiger partial charge in [-0.05, 0) is 93.8 Å². The lowest BCUT2D eigenvalue weighted by molar-refractivity contribution is 0.0887. The number of rotatable bonds is 10. The maximum absolute atomic E-state index is 14.3. The van der Waals surface area contributed by atoms with Crippen molar-refractivity contribution in [3.05, 3.63) is 95.2 Å². The van der Waals surface area contributed by atoms with Crippen LogP contribution in [0.1, 0.15) is 71.6 Å². The van der Waals surface area contributed by atoms with Crippen molar-refractivity contribution in [2.24, 2.45) is 7.05 Å². The first-order chi connectivity index (χ1) is 23.6. The Hall–Kier alpha value is -4.61. The number of nitrogens with one attached hydrogen (secondary N) is 3. The topological polar surface area (TPSA) is 113 Å². The summed E-state index contributed by atoms with van der Waals surface area (Å²) in [6.07, 6.45) is 4.80. The molecule has 0 spiro atoms. The van der Waals surface area contributed by atoms with E-state index in [1.165, 1.54) is 5.56 Å². The first-order valence-corrected chi connectivity index (χ1v) is 17.2. The summed E-state index contributed by atoms with van der Waals surface area (Å²) < 4.78 is 22.1. The van der Waals surface area contributed by atoms with E-state index in [4.69, 9.17) is 4.74 Å². The van der Waals surface area contributed by atoms with Gasteiger partial charge in [0.25, 0.3) is 11.8 Å². The van der Waals surface area contributed by atoms with Crippen LogP contribution in [0.25, 0.3) is 11.1 Å². The van der Waals surface area contributed by atoms with Crippen LogP contribution in [0.2, 0.25) is 0 Å². The van der Waals surface area contributed by atoms with Crippen molar-refractivity contribution in [1.82, 2.24) is 35.6 Å². The lowest BCUT2D eigenvalue weighted by atomic mass is 9.91. The molecule has 2 fully saturated rings. The molecule has 2 atom stereocenters. The van der Waals surface area contributed by atoms with Gasteiger partial charge in [-0.3, -0.25) is 19.2 Å². The van der Waals surface area contributed by atoms with E-state index in [2.05, 4.69) is 69.0 Å². The molecular formula is C38H46FN7O3. The van der Waals surface area contributed by atoms with Crippen molar-refractivity contribution in [2.45, 2.75) is 77.0 Å². The molecule has 2 aromatic carbocycles. The van der Waals surface area contributed by atoms with Crippen molar-refractivity contribution < 1.29 is 18.7 Å². The fourth-order valence-corrected chi connectivity index (χ4v) is 6.87. The molecular weight excluding hydrogens is 621 g/mol. The summed E-state index contributed by atoms with van der Waals surface area (Å²) in [5.41, 5.74) is 4.63. The van der Waals surface area contributed by atoms with Gasteiger partial charge in [-0.1, -0.05) is 36.4 Å². The summed E-state index contributed by atoms with van der Waals surface area (Å²) in [6, 6.07) is 20.0. The minimum atomic E-state index is -0.622. The predicted octanol–water partition coefficient (Wildman–Crippen LogP) is 5.42. The minimum Gasteiger partial charge on any atom is -0.438 e. The van der Waals surface area contributed by atoms with Crippen LogP contribution < -0.4 is 20.7 Å². The molecule has 0 bridgehead atoms. The molecule has 10 nitrogen and oxygen atoms in total. The summed E-state index contributed by atoms with van der Waals surface area (Å²) in [6.45, 7) is 9.54. The Morgan fingerprint density at radius 2 is 1.59 bits per heavy atom. The van der Waals surface area contributed by atoms with Gasteiger partial charge < -0.3 is 20.7 Å². The second-order valence-electron chi connectivity index (χ2n) is 13.6. The van der Waals surface area contributed by atoms with Crippen molar-refractivity contribution in [3.63, 3.8) is 0 Å². The van der Waals surface area contributed by atoms with Gasteiger partial charge in [-0.15, -0.1) is 0 Å². The van der Waals surface area contributed by atoms with Gasteiger partial charge in [0.2, 0.25) is 5.88 Å². The maximum atomic E-state index is 14.3. The molecule has 49 heavy (non-hydrogen) atoms. The summed E-state index contributed by atoms with van der Waals surface area (Å²) in [5.74, 6) is -0.736. The van der Waals surface area contributed by atoms with Gasteiger partial charge in [-0.2, -0.15) is 5.10 Å². The number of piperazine rings is 1. The number of hydrogen-bond acceptors (Lipinski definition) is 7. The van der Waals surface area contributed by atoms with Crippen LogP contribution >= 0.6 is 0 Å². The van der Waals surface area contributed by atoms with E-state index in [1.807, 2.05) is 25.1 Å². The summed E-state index contributed by atoms with van der Waals surface area (Å²) in [5, 5.41) is 13.9. The number of halogens is 1. The first-order valence-electron chi connectivity index (χ1n) is 17.2. The number of pyridine rings is 1. The number of amides is 2. The molecule has 2 aromatic heterocycles. The Balaban J connectivity index is 1.04. The van der Waals surface area contributed by atoms with Crippen LogP contribution in [0, 0.1) is 12.7 Å². The number of benzene rings is 2. The average Bonchev–Trinajstić information content (AvgIpc) is 3.43. The second-order valence-corrected chi connectivity index (χ2v) is 13.6. The number of nitrogens with zero attached hydrogens (tertiary/aromatic N) is 4. The van der Waals surface area contributed by atoms with E-state index < -0.39 is 11.7 Å². The van der Waals surface area contributed by atoms with Crippen LogP contribution in [0.5, 0.6) is 11.6 Å². The van der Waals surface area contributed by atoms with Gasteiger partial charge in [-0.25, -0.2) is 9.37 Å². The normalized spacial score (nSPS) is 21.2. The summed E-state index contributed by atoms with van der Waals surface area (Å²) in [4.78, 5) is 32.7. The van der Waals surface area contributed by atoms with Gasteiger partial charge in [0.15, 0.2) is 0 Å². The molecule has 11 heteroatoms. The Labute approximate surface area is 287 Å². The predicted molar refractivity (Wildman–Crippen MR) is 187 cm³/mol. The number of carbonyl (C=O) groups is 2. The van der Waals surface area contributed by atoms with Crippen LogP contribution in [0.3, 0.4) is 0 Å². The monoisotopic (exact) mass is 667 g/mol. The SMILES string of the molecule is Cc1cc(C(=O)NC2CCC(NC(=O)c3cc(F)cnc3Oc3cccc(-c4ccc(CCN5C[C@@H](C)N[C@@H](C)C5)cc4)c3)CC2)nn1C. The first kappa shape index (κ1) is 34.3. The molecule has 3 N–H and O–H groups in total. The Morgan fingerprint density at radius 3 is 2.24 bits per heavy atom. The zero-order valence-corrected chi connectivity index (χ0v) is 28.7. The van der Waals surface area contributed by atoms with Gasteiger partial charge >= 0.3 is 0 Å². The molecule has 258 valence electrons. The lowest BCUT2D eigenvalue weighted by Gasteiger charge is -2.36. The molecule has 1 aliphatic heterocycles. The lowest BCUT2D eigenvalue weighted by Crippen LogP contribution is -2.54. The fourth-order valence-electron chi connectivity index (χ4n) is 6.87. The molecule has 0 unspecified atom stereocenters. The van der Waals surface area contributed by atoms with Gasteiger partial charge in [0.05, 0.1) is 6.20 Å². The molecule has 6 rings (SSSR count). The third kappa shape index (κ3) is 8.90. The van der Waals surface area contributed by atoms with E-state index in [-0.39, 0.29) is 29.4 Å². The molecule has 3 heterocycles. The minimum absolute atomic E-state index is 0.00802. The standard InChI is InChI=1S/C38H46FN7O3/c1-24-22-46(23-25(2)41-24)17-16-27-8-10-28(11-9-27)29-6-5-7-33(19-29)49-38-34(20-30(39)21-40-38)36(47)42-31-12-14-32(15-13-31)43-37(48)35-18-26(3)45(4)44-35/h5-11,18-21,24-25,31-32,41H,12-17,22-23H2,1-4H3,(H,42,47)(H,43,48)/t24-,25+,31?,32?. The Bertz CT molecular complexity index is 1740. The molecule has 1 saturated heterocycles. The molecule has 1 aliphatic carbocycles. The van der Waals surface area contributed by atoms with Crippen molar-refractivity contribution in [3.8, 4) is 22.8 Å². The molecule has 1 saturated carbocycles.